The summed E-state index contributed by atoms with van der Waals surface area (Å²) in [6.07, 6.45) is -1.02. The predicted octanol–water partition coefficient (Wildman–Crippen LogP) is 8.13. The second-order valence-corrected chi connectivity index (χ2v) is 21.5. The van der Waals surface area contributed by atoms with Crippen LogP contribution in [-0.4, -0.2) is 95.3 Å². The van der Waals surface area contributed by atoms with Crippen molar-refractivity contribution in [3.8, 4) is 39.1 Å². The molecule has 1 aromatic heterocycles. The van der Waals surface area contributed by atoms with Crippen LogP contribution in [0.3, 0.4) is 0 Å². The van der Waals surface area contributed by atoms with Crippen LogP contribution < -0.4 is 25.4 Å². The second-order valence-electron chi connectivity index (χ2n) is 20.2. The van der Waals surface area contributed by atoms with Gasteiger partial charge in [-0.25, -0.2) is 4.98 Å². The van der Waals surface area contributed by atoms with Crippen LogP contribution in [-0.2, 0) is 25.7 Å². The van der Waals surface area contributed by atoms with Crippen molar-refractivity contribution in [1.82, 2.24) is 25.8 Å². The Bertz CT molecular complexity index is 2710. The Morgan fingerprint density at radius 3 is 2.14 bits per heavy atom. The maximum atomic E-state index is 14.0. The van der Waals surface area contributed by atoms with E-state index in [1.165, 1.54) is 4.90 Å². The van der Waals surface area contributed by atoms with Crippen LogP contribution in [0.1, 0.15) is 82.1 Å². The number of β-amino-alcohol motifs (C(OH)–C–C–N with tert-alkyl or cyclic N) is 1. The van der Waals surface area contributed by atoms with Crippen LogP contribution in [0, 0.1) is 34.5 Å². The number of nitrogens with zero attached hydrogens (tertiary/aromatic N) is 3. The molecule has 4 aromatic carbocycles. The molecule has 2 heterocycles. The summed E-state index contributed by atoms with van der Waals surface area (Å²) in [7, 11) is 0. The molecule has 16 heteroatoms. The molecule has 5 aromatic rings. The molecule has 14 nitrogen and oxygen atoms in total. The monoisotopic (exact) mass is 988 g/mol. The molecule has 4 amide bonds. The number of halogens is 1. The lowest BCUT2D eigenvalue weighted by molar-refractivity contribution is -0.164. The highest BCUT2D eigenvalue weighted by Crippen LogP contribution is 2.55. The molecule has 4 N–H and O–H groups in total. The van der Waals surface area contributed by atoms with Gasteiger partial charge in [0.2, 0.25) is 17.7 Å². The second kappa shape index (κ2) is 21.4. The van der Waals surface area contributed by atoms with Crippen LogP contribution >= 0.6 is 22.9 Å². The zero-order valence-electron chi connectivity index (χ0n) is 40.8. The van der Waals surface area contributed by atoms with E-state index in [4.69, 9.17) is 25.8 Å². The summed E-state index contributed by atoms with van der Waals surface area (Å²) in [6, 6.07) is 27.8. The Balaban J connectivity index is 0.839. The minimum Gasteiger partial charge on any atom is -0.491 e. The zero-order valence-corrected chi connectivity index (χ0v) is 42.4. The van der Waals surface area contributed by atoms with E-state index >= 15 is 0 Å². The van der Waals surface area contributed by atoms with E-state index in [2.05, 4.69) is 54.7 Å². The lowest BCUT2D eigenvalue weighted by Gasteiger charge is -2.63. The van der Waals surface area contributed by atoms with Crippen molar-refractivity contribution < 1.29 is 38.5 Å². The summed E-state index contributed by atoms with van der Waals surface area (Å²) in [5, 5.41) is 29.1. The van der Waals surface area contributed by atoms with Crippen molar-refractivity contribution in [3.63, 3.8) is 0 Å². The molecule has 0 bridgehead atoms. The maximum Gasteiger partial charge on any atom is 0.251 e. The van der Waals surface area contributed by atoms with Crippen LogP contribution in [0.15, 0.2) is 96.5 Å². The Morgan fingerprint density at radius 2 is 1.54 bits per heavy atom. The lowest BCUT2D eigenvalue weighted by Crippen LogP contribution is -2.74. The predicted molar refractivity (Wildman–Crippen MR) is 269 cm³/mol. The van der Waals surface area contributed by atoms with Gasteiger partial charge in [-0.2, -0.15) is 5.26 Å². The van der Waals surface area contributed by atoms with Crippen molar-refractivity contribution in [2.45, 2.75) is 98.7 Å². The number of aromatic nitrogens is 1. The molecule has 1 aliphatic carbocycles. The lowest BCUT2D eigenvalue weighted by atomic mass is 9.49. The van der Waals surface area contributed by atoms with E-state index < -0.39 is 46.2 Å². The average Bonchev–Trinajstić information content (AvgIpc) is 3.95. The van der Waals surface area contributed by atoms with Crippen molar-refractivity contribution >= 4 is 46.6 Å². The first-order chi connectivity index (χ1) is 33.2. The van der Waals surface area contributed by atoms with Gasteiger partial charge in [0, 0.05) is 48.0 Å². The fourth-order valence-electron chi connectivity index (χ4n) is 9.73. The fourth-order valence-corrected chi connectivity index (χ4v) is 10.8. The highest BCUT2D eigenvalue weighted by Gasteiger charge is 2.64. The third kappa shape index (κ3) is 11.6. The molecule has 0 unspecified atom stereocenters. The number of nitriles is 1. The number of thiazole rings is 1. The fraction of sp³-hybridized carbons (Fsp3) is 0.407. The molecule has 2 fully saturated rings. The van der Waals surface area contributed by atoms with Gasteiger partial charge in [0.1, 0.15) is 49.0 Å². The quantitative estimate of drug-likeness (QED) is 0.0662. The van der Waals surface area contributed by atoms with Gasteiger partial charge in [-0.3, -0.25) is 19.2 Å². The van der Waals surface area contributed by atoms with Gasteiger partial charge in [-0.1, -0.05) is 109 Å². The summed E-state index contributed by atoms with van der Waals surface area (Å²) in [6.45, 7) is 15.9. The summed E-state index contributed by atoms with van der Waals surface area (Å²) in [5.41, 5.74) is 5.95. The van der Waals surface area contributed by atoms with Gasteiger partial charge in [0.15, 0.2) is 0 Å². The maximum absolute atomic E-state index is 14.0. The number of hydrogen-bond acceptors (Lipinski definition) is 11. The van der Waals surface area contributed by atoms with E-state index in [9.17, 15) is 29.5 Å². The number of rotatable bonds is 17. The van der Waals surface area contributed by atoms with Crippen LogP contribution in [0.5, 0.6) is 11.5 Å². The van der Waals surface area contributed by atoms with E-state index in [0.29, 0.717) is 27.6 Å². The Morgan fingerprint density at radius 1 is 0.914 bits per heavy atom. The standard InChI is InChI=1S/C54H61ClN6O8S/c1-32-45(70-31-58-32)36-11-9-33(10-12-36)28-57-48(65)43-25-39(62)29-61(43)49(66)46(52(2,3)4)59-44(63)30-67-23-24-68-40-20-17-35(18-21-40)34-13-15-37(16-14-34)47(64)60-50-53(5,6)51(54(50,7)8)69-41-22-19-38(27-56)42(55)26-41/h9-22,26,31,39,43,46,50-51,62H,23-25,28-30H2,1-8H3,(H,57,65)(H,59,63)(H,60,64)/t39-,43-,46+,50-,51-/m0/s1. The molecule has 1 aliphatic heterocycles. The SMILES string of the molecule is Cc1ncsc1-c1ccc(CNC(=O)[C@@H]2C[C@H](O)CN2C(=O)[C@@H](NC(=O)COCCOc2ccc(-c3ccc(C(=O)N[C@H]4C(C)(C)[C@H](Oc5ccc(C#N)c(Cl)c5)C4(C)C)cc3)cc2)C(C)(C)C)cc1. The van der Waals surface area contributed by atoms with Crippen molar-refractivity contribution in [3.05, 3.63) is 124 Å². The minimum absolute atomic E-state index is 0.0285. The summed E-state index contributed by atoms with van der Waals surface area (Å²) >= 11 is 7.82. The van der Waals surface area contributed by atoms with Crippen LogP contribution in [0.2, 0.25) is 5.02 Å². The van der Waals surface area contributed by atoms with E-state index in [0.717, 1.165) is 32.8 Å². The van der Waals surface area contributed by atoms with E-state index in [1.54, 1.807) is 41.7 Å². The number of carbonyl (C=O) groups is 4. The number of amides is 4. The number of aliphatic hydroxyl groups is 1. The van der Waals surface area contributed by atoms with Crippen LogP contribution in [0.25, 0.3) is 21.6 Å². The number of benzene rings is 4. The van der Waals surface area contributed by atoms with Gasteiger partial charge < -0.3 is 40.2 Å². The first kappa shape index (κ1) is 51.5. The summed E-state index contributed by atoms with van der Waals surface area (Å²) in [4.78, 5) is 60.9. The molecule has 0 radical (unpaired) electrons. The van der Waals surface area contributed by atoms with Gasteiger partial charge >= 0.3 is 0 Å². The van der Waals surface area contributed by atoms with Crippen molar-refractivity contribution in [2.75, 3.05) is 26.4 Å². The molecule has 2 aliphatic rings. The first-order valence-corrected chi connectivity index (χ1v) is 24.6. The smallest absolute Gasteiger partial charge is 0.251 e. The molecule has 368 valence electrons. The van der Waals surface area contributed by atoms with Crippen LogP contribution in [0.4, 0.5) is 0 Å². The number of hydrogen-bond donors (Lipinski definition) is 4. The van der Waals surface area contributed by atoms with E-state index in [-0.39, 0.29) is 63.3 Å². The molecular formula is C54H61ClN6O8S. The third-order valence-corrected chi connectivity index (χ3v) is 14.5. The normalized spacial score (nSPS) is 19.5. The van der Waals surface area contributed by atoms with E-state index in [1.807, 2.05) is 93.9 Å². The Kier molecular flexibility index (Phi) is 15.7. The Labute approximate surface area is 418 Å². The molecule has 1 saturated heterocycles. The van der Waals surface area contributed by atoms with Crippen molar-refractivity contribution in [1.29, 1.82) is 5.26 Å². The molecule has 1 saturated carbocycles. The molecule has 3 atom stereocenters. The highest BCUT2D eigenvalue weighted by atomic mass is 35.5. The third-order valence-electron chi connectivity index (χ3n) is 13.2. The average molecular weight is 990 g/mol. The number of ether oxygens (including phenoxy) is 3. The van der Waals surface area contributed by atoms with Crippen molar-refractivity contribution in [2.24, 2.45) is 16.2 Å². The topological polar surface area (TPSA) is 192 Å². The Hall–Kier alpha value is -6.31. The zero-order chi connectivity index (χ0) is 50.5. The molecule has 0 spiro atoms. The summed E-state index contributed by atoms with van der Waals surface area (Å²) < 4.78 is 17.9. The highest BCUT2D eigenvalue weighted by molar-refractivity contribution is 7.13. The molecule has 7 rings (SSSR count). The molecule has 70 heavy (non-hydrogen) atoms. The number of aryl methyl sites for hydroxylation is 1. The number of aliphatic hydroxyl groups excluding tert-OH is 1. The van der Waals surface area contributed by atoms with Gasteiger partial charge in [-0.15, -0.1) is 11.3 Å². The van der Waals surface area contributed by atoms with Gasteiger partial charge in [0.25, 0.3) is 5.91 Å². The number of nitrogens with one attached hydrogen (secondary N) is 3. The largest absolute Gasteiger partial charge is 0.491 e. The molecular weight excluding hydrogens is 928 g/mol. The first-order valence-electron chi connectivity index (χ1n) is 23.3. The summed E-state index contributed by atoms with van der Waals surface area (Å²) in [5.74, 6) is -0.343. The van der Waals surface area contributed by atoms with Gasteiger partial charge in [-0.05, 0) is 71.0 Å². The number of likely N-dealkylation sites (tertiary alicyclic amines) is 1. The minimum atomic E-state index is -0.986. The van der Waals surface area contributed by atoms with Gasteiger partial charge in [0.05, 0.1) is 39.4 Å². The number of carbonyl (C=O) groups excluding carboxylic acids is 4.